The first kappa shape index (κ1) is 7.57. The molecule has 1 rings (SSSR count). The highest BCUT2D eigenvalue weighted by Crippen LogP contribution is 2.36. The maximum atomic E-state index is 2.54. The lowest BCUT2D eigenvalue weighted by molar-refractivity contribution is 0.608. The summed E-state index contributed by atoms with van der Waals surface area (Å²) in [6.45, 7) is 0. The van der Waals surface area contributed by atoms with Gasteiger partial charge in [0.05, 0.1) is 0 Å². The Labute approximate surface area is 78.1 Å². The second kappa shape index (κ2) is 3.58. The molecule has 1 fully saturated rings. The van der Waals surface area contributed by atoms with E-state index in [1.165, 1.54) is 25.7 Å². The largest absolute Gasteiger partial charge is 0.0811 e. The van der Waals surface area contributed by atoms with Gasteiger partial charge in [-0.25, -0.2) is 0 Å². The maximum absolute atomic E-state index is 2.54. The zero-order chi connectivity index (χ0) is 5.98. The van der Waals surface area contributed by atoms with Crippen LogP contribution in [0.1, 0.15) is 25.7 Å². The average Bonchev–Trinajstić information content (AvgIpc) is 1.77. The topological polar surface area (TPSA) is 0 Å². The van der Waals surface area contributed by atoms with Crippen LogP contribution in [0, 0.1) is 3.92 Å². The molecule has 0 N–H and O–H groups in total. The van der Waals surface area contributed by atoms with E-state index >= 15 is 0 Å². The van der Waals surface area contributed by atoms with E-state index in [0.29, 0.717) is 0 Å². The first-order valence-corrected chi connectivity index (χ1v) is 5.28. The summed E-state index contributed by atoms with van der Waals surface area (Å²) in [7, 11) is 0. The van der Waals surface area contributed by atoms with Crippen molar-refractivity contribution in [1.82, 2.24) is 0 Å². The van der Waals surface area contributed by atoms with Gasteiger partial charge in [-0.1, -0.05) is 58.0 Å². The van der Waals surface area contributed by atoms with Gasteiger partial charge >= 0.3 is 0 Å². The standard InChI is InChI=1S/C6H9I2/c7-5-3-1-2-4-6(5)8/h5H,1-4H2. The Morgan fingerprint density at radius 1 is 1.38 bits per heavy atom. The molecule has 0 nitrogen and oxygen atoms in total. The summed E-state index contributed by atoms with van der Waals surface area (Å²) in [5.74, 6) is 0. The smallest absolute Gasteiger partial charge is 0.0495 e. The monoisotopic (exact) mass is 335 g/mol. The first-order chi connectivity index (χ1) is 3.80. The van der Waals surface area contributed by atoms with Gasteiger partial charge in [-0.15, -0.1) is 0 Å². The van der Waals surface area contributed by atoms with Crippen LogP contribution in [-0.4, -0.2) is 3.92 Å². The van der Waals surface area contributed by atoms with E-state index in [4.69, 9.17) is 0 Å². The number of rotatable bonds is 0. The summed E-state index contributed by atoms with van der Waals surface area (Å²) in [6.07, 6.45) is 5.66. The molecule has 0 saturated heterocycles. The van der Waals surface area contributed by atoms with Crippen molar-refractivity contribution in [2.24, 2.45) is 0 Å². The van der Waals surface area contributed by atoms with E-state index in [0.717, 1.165) is 3.92 Å². The van der Waals surface area contributed by atoms with Crippen LogP contribution in [-0.2, 0) is 0 Å². The van der Waals surface area contributed by atoms with Crippen molar-refractivity contribution in [2.75, 3.05) is 0 Å². The summed E-state index contributed by atoms with van der Waals surface area (Å²) in [5, 5.41) is 0. The molecule has 0 aromatic heterocycles. The van der Waals surface area contributed by atoms with Gasteiger partial charge in [0, 0.05) is 7.85 Å². The van der Waals surface area contributed by atoms with Crippen LogP contribution in [0.5, 0.6) is 0 Å². The fourth-order valence-electron chi connectivity index (χ4n) is 0.931. The number of halogens is 2. The molecule has 1 unspecified atom stereocenters. The van der Waals surface area contributed by atoms with Crippen LogP contribution in [0.15, 0.2) is 0 Å². The molecule has 1 radical (unpaired) electrons. The van der Waals surface area contributed by atoms with Crippen molar-refractivity contribution in [3.8, 4) is 0 Å². The lowest BCUT2D eigenvalue weighted by Gasteiger charge is -2.20. The van der Waals surface area contributed by atoms with Gasteiger partial charge in [0.1, 0.15) is 0 Å². The minimum atomic E-state index is 0.877. The normalized spacial score (nSPS) is 33.0. The Morgan fingerprint density at radius 2 is 2.12 bits per heavy atom. The lowest BCUT2D eigenvalue weighted by atomic mass is 10.0. The van der Waals surface area contributed by atoms with Gasteiger partial charge in [0.25, 0.3) is 0 Å². The van der Waals surface area contributed by atoms with E-state index in [1.807, 2.05) is 0 Å². The quantitative estimate of drug-likeness (QED) is 0.471. The molecule has 1 aliphatic carbocycles. The van der Waals surface area contributed by atoms with E-state index in [1.54, 1.807) is 3.92 Å². The molecule has 0 aliphatic heterocycles. The third-order valence-corrected chi connectivity index (χ3v) is 5.32. The minimum Gasteiger partial charge on any atom is -0.0811 e. The highest BCUT2D eigenvalue weighted by molar-refractivity contribution is 14.1. The highest BCUT2D eigenvalue weighted by atomic mass is 127. The maximum Gasteiger partial charge on any atom is 0.0495 e. The molecular weight excluding hydrogens is 326 g/mol. The zero-order valence-corrected chi connectivity index (χ0v) is 8.98. The Morgan fingerprint density at radius 3 is 2.50 bits per heavy atom. The highest BCUT2D eigenvalue weighted by Gasteiger charge is 2.19. The molecule has 47 valence electrons. The fraction of sp³-hybridized carbons (Fsp3) is 0.833. The number of alkyl halides is 1. The Hall–Kier alpha value is 1.46. The molecule has 8 heavy (non-hydrogen) atoms. The van der Waals surface area contributed by atoms with Crippen LogP contribution in [0.4, 0.5) is 0 Å². The molecule has 0 bridgehead atoms. The van der Waals surface area contributed by atoms with Crippen LogP contribution in [0.3, 0.4) is 0 Å². The summed E-state index contributed by atoms with van der Waals surface area (Å²) < 4.78 is 2.55. The van der Waals surface area contributed by atoms with Crippen molar-refractivity contribution >= 4 is 45.2 Å². The van der Waals surface area contributed by atoms with Gasteiger partial charge in [0.2, 0.25) is 0 Å². The second-order valence-corrected chi connectivity index (χ2v) is 5.05. The Kier molecular flexibility index (Phi) is 3.39. The van der Waals surface area contributed by atoms with Gasteiger partial charge in [0.15, 0.2) is 0 Å². The molecule has 2 heteroatoms. The molecule has 1 saturated carbocycles. The van der Waals surface area contributed by atoms with Crippen LogP contribution >= 0.6 is 45.2 Å². The first-order valence-electron chi connectivity index (χ1n) is 2.96. The zero-order valence-electron chi connectivity index (χ0n) is 4.66. The van der Waals surface area contributed by atoms with Crippen LogP contribution in [0.25, 0.3) is 0 Å². The van der Waals surface area contributed by atoms with Gasteiger partial charge in [-0.2, -0.15) is 0 Å². The summed E-state index contributed by atoms with van der Waals surface area (Å²) in [6, 6.07) is 0. The SMILES string of the molecule is I[C]1CCCCC1I. The van der Waals surface area contributed by atoms with Crippen molar-refractivity contribution in [2.45, 2.75) is 29.6 Å². The van der Waals surface area contributed by atoms with Gasteiger partial charge in [-0.05, 0) is 12.8 Å². The third-order valence-electron chi connectivity index (χ3n) is 1.46. The summed E-state index contributed by atoms with van der Waals surface area (Å²) >= 11 is 5.03. The fourth-order valence-corrected chi connectivity index (χ4v) is 2.38. The van der Waals surface area contributed by atoms with Crippen molar-refractivity contribution in [3.05, 3.63) is 3.92 Å². The lowest BCUT2D eigenvalue weighted by Crippen LogP contribution is -2.10. The third kappa shape index (κ3) is 2.01. The molecular formula is C6H9I2. The van der Waals surface area contributed by atoms with Crippen LogP contribution < -0.4 is 0 Å². The minimum absolute atomic E-state index is 0.877. The van der Waals surface area contributed by atoms with E-state index < -0.39 is 0 Å². The predicted molar refractivity (Wildman–Crippen MR) is 53.5 cm³/mol. The molecule has 0 aromatic rings. The van der Waals surface area contributed by atoms with Crippen molar-refractivity contribution < 1.29 is 0 Å². The predicted octanol–water partition coefficient (Wildman–Crippen LogP) is 3.33. The van der Waals surface area contributed by atoms with Crippen molar-refractivity contribution in [3.63, 3.8) is 0 Å². The number of hydrogen-bond acceptors (Lipinski definition) is 0. The second-order valence-electron chi connectivity index (χ2n) is 2.16. The van der Waals surface area contributed by atoms with Crippen molar-refractivity contribution in [1.29, 1.82) is 0 Å². The molecule has 0 amide bonds. The van der Waals surface area contributed by atoms with Gasteiger partial charge in [-0.3, -0.25) is 0 Å². The van der Waals surface area contributed by atoms with E-state index in [-0.39, 0.29) is 0 Å². The van der Waals surface area contributed by atoms with E-state index in [2.05, 4.69) is 45.2 Å². The molecule has 0 spiro atoms. The van der Waals surface area contributed by atoms with E-state index in [9.17, 15) is 0 Å². The summed E-state index contributed by atoms with van der Waals surface area (Å²) in [4.78, 5) is 0. The molecule has 0 aromatic carbocycles. The Bertz CT molecular complexity index is 62.9. The molecule has 0 heterocycles. The van der Waals surface area contributed by atoms with Crippen LogP contribution in [0.2, 0.25) is 0 Å². The molecule has 1 aliphatic rings. The molecule has 1 atom stereocenters. The average molecular weight is 335 g/mol. The Balaban J connectivity index is 2.28. The summed E-state index contributed by atoms with van der Waals surface area (Å²) in [5.41, 5.74) is 0. The number of hydrogen-bond donors (Lipinski definition) is 0. The van der Waals surface area contributed by atoms with Gasteiger partial charge < -0.3 is 0 Å².